The predicted octanol–water partition coefficient (Wildman–Crippen LogP) is -4.65. The summed E-state index contributed by atoms with van der Waals surface area (Å²) >= 11 is 0. The third-order valence-corrected chi connectivity index (χ3v) is 4.95. The topological polar surface area (TPSA) is 239 Å². The fourth-order valence-electron chi connectivity index (χ4n) is 3.15. The van der Waals surface area contributed by atoms with Gasteiger partial charge in [0.2, 0.25) is 5.91 Å². The Kier molecular flexibility index (Phi) is 8.08. The normalized spacial score (nSPS) is 40.0. The van der Waals surface area contributed by atoms with Gasteiger partial charge in [-0.05, 0) is 0 Å². The van der Waals surface area contributed by atoms with Crippen molar-refractivity contribution in [3.05, 3.63) is 0 Å². The van der Waals surface area contributed by atoms with Crippen molar-refractivity contribution in [2.24, 2.45) is 0 Å². The van der Waals surface area contributed by atoms with E-state index in [1.807, 2.05) is 0 Å². The van der Waals surface area contributed by atoms with E-state index < -0.39 is 83.9 Å². The van der Waals surface area contributed by atoms with Gasteiger partial charge < -0.3 is 45.1 Å². The maximum absolute atomic E-state index is 11.5. The van der Waals surface area contributed by atoms with Crippen LogP contribution in [0.3, 0.4) is 0 Å². The minimum atomic E-state index is -5.12. The van der Waals surface area contributed by atoms with Gasteiger partial charge in [0.05, 0.1) is 19.3 Å². The number of ether oxygens (including phenoxy) is 3. The van der Waals surface area contributed by atoms with Crippen LogP contribution in [0.1, 0.15) is 6.92 Å². The molecule has 2 aliphatic rings. The summed E-state index contributed by atoms with van der Waals surface area (Å²) in [7, 11) is -5.12. The van der Waals surface area contributed by atoms with Crippen molar-refractivity contribution in [3.8, 4) is 0 Å². The van der Waals surface area contributed by atoms with Crippen LogP contribution in [0.5, 0.6) is 0 Å². The highest BCUT2D eigenvalue weighted by atomic mass is 32.3. The average molecular weight is 461 g/mol. The van der Waals surface area contributed by atoms with Gasteiger partial charge in [-0.25, -0.2) is 8.98 Å². The van der Waals surface area contributed by atoms with Crippen molar-refractivity contribution in [1.82, 2.24) is 5.32 Å². The molecule has 2 aliphatic heterocycles. The number of carbonyl (C=O) groups is 2. The first-order valence-corrected chi connectivity index (χ1v) is 9.95. The molecule has 30 heavy (non-hydrogen) atoms. The lowest BCUT2D eigenvalue weighted by Crippen LogP contribution is -2.66. The summed E-state index contributed by atoms with van der Waals surface area (Å²) in [5, 5.41) is 50.7. The SMILES string of the molecule is CC(=O)N[C@H]1CO[C@H](CO)[C@H](OS(=O)(=O)O)[C@@H]1O[C@@H]1O[C@@H](C(=O)O)[C@@H](O)[C@H](O)[C@H]1O. The number of carbonyl (C=O) groups excluding carboxylic acids is 1. The number of aliphatic hydroxyl groups excluding tert-OH is 4. The molecule has 15 nitrogen and oxygen atoms in total. The fourth-order valence-corrected chi connectivity index (χ4v) is 3.66. The number of aliphatic hydroxyl groups is 4. The van der Waals surface area contributed by atoms with Crippen molar-refractivity contribution in [3.63, 3.8) is 0 Å². The smallest absolute Gasteiger partial charge is 0.397 e. The molecule has 16 heteroatoms. The van der Waals surface area contributed by atoms with Crippen molar-refractivity contribution < 1.29 is 66.5 Å². The molecule has 0 unspecified atom stereocenters. The van der Waals surface area contributed by atoms with Gasteiger partial charge in [0.1, 0.15) is 36.6 Å². The monoisotopic (exact) mass is 461 g/mol. The molecule has 2 saturated heterocycles. The summed E-state index contributed by atoms with van der Waals surface area (Å²) in [6.07, 6.45) is -14.7. The molecule has 0 bridgehead atoms. The summed E-state index contributed by atoms with van der Waals surface area (Å²) in [5.74, 6) is -2.30. The fraction of sp³-hybridized carbons (Fsp3) is 0.857. The molecule has 0 radical (unpaired) electrons. The van der Waals surface area contributed by atoms with Crippen LogP contribution < -0.4 is 5.32 Å². The highest BCUT2D eigenvalue weighted by molar-refractivity contribution is 7.80. The van der Waals surface area contributed by atoms with Gasteiger partial charge in [-0.3, -0.25) is 9.35 Å². The number of nitrogens with one attached hydrogen (secondary N) is 1. The van der Waals surface area contributed by atoms with Crippen LogP contribution in [0, 0.1) is 0 Å². The van der Waals surface area contributed by atoms with Crippen LogP contribution in [-0.2, 0) is 38.4 Å². The number of aliphatic carboxylic acids is 1. The standard InChI is InChI=1S/C14H23NO14S/c1-4(17)15-5-3-26-6(2-16)11(29-30(23,24)25)10(5)27-14-9(20)7(18)8(19)12(28-14)13(21)22/h5-12,14,16,18-20H,2-3H2,1H3,(H,15,17)(H,21,22)(H,23,24,25)/t5-,6+,7-,8-,9+,10+,11-,12+,14+/m0/s1. The largest absolute Gasteiger partial charge is 0.479 e. The molecule has 0 saturated carbocycles. The maximum atomic E-state index is 11.5. The highest BCUT2D eigenvalue weighted by Gasteiger charge is 2.52. The third kappa shape index (κ3) is 5.82. The highest BCUT2D eigenvalue weighted by Crippen LogP contribution is 2.29. The Morgan fingerprint density at radius 2 is 1.77 bits per heavy atom. The van der Waals surface area contributed by atoms with Crippen molar-refractivity contribution in [2.75, 3.05) is 13.2 Å². The summed E-state index contributed by atoms with van der Waals surface area (Å²) in [6.45, 7) is -0.0302. The van der Waals surface area contributed by atoms with Crippen LogP contribution in [-0.4, -0.2) is 119 Å². The quantitative estimate of drug-likeness (QED) is 0.176. The molecule has 2 fully saturated rings. The first-order valence-electron chi connectivity index (χ1n) is 8.59. The van der Waals surface area contributed by atoms with Crippen LogP contribution in [0.4, 0.5) is 0 Å². The third-order valence-electron chi connectivity index (χ3n) is 4.48. The molecule has 2 heterocycles. The van der Waals surface area contributed by atoms with E-state index in [1.165, 1.54) is 0 Å². The number of carboxylic acids is 1. The van der Waals surface area contributed by atoms with Crippen molar-refractivity contribution in [1.29, 1.82) is 0 Å². The van der Waals surface area contributed by atoms with Gasteiger partial charge in [0.25, 0.3) is 0 Å². The van der Waals surface area contributed by atoms with E-state index in [2.05, 4.69) is 9.50 Å². The molecule has 0 aromatic rings. The summed E-state index contributed by atoms with van der Waals surface area (Å²) in [4.78, 5) is 22.7. The zero-order valence-electron chi connectivity index (χ0n) is 15.5. The number of carboxylic acid groups (broad SMARTS) is 1. The Balaban J connectivity index is 2.36. The number of rotatable bonds is 7. The zero-order valence-corrected chi connectivity index (χ0v) is 16.3. The van der Waals surface area contributed by atoms with Crippen LogP contribution >= 0.6 is 0 Å². The van der Waals surface area contributed by atoms with E-state index in [0.717, 1.165) is 6.92 Å². The molecule has 0 aliphatic carbocycles. The summed E-state index contributed by atoms with van der Waals surface area (Å²) < 4.78 is 51.7. The lowest BCUT2D eigenvalue weighted by atomic mass is 9.96. The zero-order chi connectivity index (χ0) is 22.8. The van der Waals surface area contributed by atoms with Gasteiger partial charge in [-0.1, -0.05) is 0 Å². The van der Waals surface area contributed by atoms with Crippen LogP contribution in [0.15, 0.2) is 0 Å². The predicted molar refractivity (Wildman–Crippen MR) is 90.0 cm³/mol. The Hall–Kier alpha value is -1.47. The second kappa shape index (κ2) is 9.77. The first-order chi connectivity index (χ1) is 13.9. The summed E-state index contributed by atoms with van der Waals surface area (Å²) in [6, 6.07) is -1.17. The van der Waals surface area contributed by atoms with Gasteiger partial charge >= 0.3 is 16.4 Å². The molecule has 9 atom stereocenters. The second-order valence-corrected chi connectivity index (χ2v) is 7.73. The Labute approximate surface area is 170 Å². The molecule has 0 aromatic carbocycles. The molecular weight excluding hydrogens is 438 g/mol. The Bertz CT molecular complexity index is 730. The van der Waals surface area contributed by atoms with E-state index in [-0.39, 0.29) is 6.61 Å². The average Bonchev–Trinajstić information content (AvgIpc) is 2.62. The lowest BCUT2D eigenvalue weighted by molar-refractivity contribution is -0.320. The van der Waals surface area contributed by atoms with Gasteiger partial charge in [0, 0.05) is 6.92 Å². The Morgan fingerprint density at radius 1 is 1.13 bits per heavy atom. The summed E-state index contributed by atoms with van der Waals surface area (Å²) in [5.41, 5.74) is 0. The minimum Gasteiger partial charge on any atom is -0.479 e. The van der Waals surface area contributed by atoms with E-state index >= 15 is 0 Å². The van der Waals surface area contributed by atoms with Gasteiger partial charge in [0.15, 0.2) is 12.4 Å². The molecule has 0 aromatic heterocycles. The van der Waals surface area contributed by atoms with E-state index in [1.54, 1.807) is 0 Å². The molecule has 7 N–H and O–H groups in total. The van der Waals surface area contributed by atoms with Crippen molar-refractivity contribution >= 4 is 22.3 Å². The second-order valence-electron chi connectivity index (χ2n) is 6.69. The maximum Gasteiger partial charge on any atom is 0.397 e. The first kappa shape index (κ1) is 24.8. The van der Waals surface area contributed by atoms with E-state index in [9.17, 15) is 38.4 Å². The van der Waals surface area contributed by atoms with Gasteiger partial charge in [-0.15, -0.1) is 0 Å². The molecule has 174 valence electrons. The van der Waals surface area contributed by atoms with E-state index in [4.69, 9.17) is 23.9 Å². The number of hydrogen-bond acceptors (Lipinski definition) is 12. The molecule has 1 amide bonds. The molecule has 2 rings (SSSR count). The lowest BCUT2D eigenvalue weighted by Gasteiger charge is -2.45. The van der Waals surface area contributed by atoms with Crippen LogP contribution in [0.25, 0.3) is 0 Å². The van der Waals surface area contributed by atoms with Crippen LogP contribution in [0.2, 0.25) is 0 Å². The molecular formula is C14H23NO14S. The van der Waals surface area contributed by atoms with Gasteiger partial charge in [-0.2, -0.15) is 8.42 Å². The number of hydrogen-bond donors (Lipinski definition) is 7. The Morgan fingerprint density at radius 3 is 2.27 bits per heavy atom. The minimum absolute atomic E-state index is 0.336. The van der Waals surface area contributed by atoms with E-state index in [0.29, 0.717) is 0 Å². The van der Waals surface area contributed by atoms with Crippen molar-refractivity contribution in [2.45, 2.75) is 62.0 Å². The number of amides is 1. The molecule has 0 spiro atoms.